The van der Waals surface area contributed by atoms with Gasteiger partial charge in [-0.1, -0.05) is 50.3 Å². The van der Waals surface area contributed by atoms with Gasteiger partial charge in [0.25, 0.3) is 0 Å². The second-order valence-electron chi connectivity index (χ2n) is 6.60. The van der Waals surface area contributed by atoms with Crippen LogP contribution in [0, 0.1) is 0 Å². The first-order valence-corrected chi connectivity index (χ1v) is 9.94. The zero-order chi connectivity index (χ0) is 20.4. The average Bonchev–Trinajstić information content (AvgIpc) is 3.29. The Kier molecular flexibility index (Phi) is 8.62. The van der Waals surface area contributed by atoms with Crippen LogP contribution >= 0.6 is 0 Å². The molecule has 0 unspecified atom stereocenters. The van der Waals surface area contributed by atoms with Gasteiger partial charge in [0, 0.05) is 32.6 Å². The first kappa shape index (κ1) is 21.6. The SMILES string of the molecule is C=N/N=C\N1C=C(c2ccc(C[C@H](N)C(=O)N3CCCC3)cc2)C=CC1.CC. The molecule has 0 radical (unpaired) electrons. The van der Waals surface area contributed by atoms with Crippen LogP contribution in [0.2, 0.25) is 0 Å². The number of nitrogens with zero attached hydrogens (tertiary/aromatic N) is 4. The van der Waals surface area contributed by atoms with Crippen LogP contribution in [-0.2, 0) is 11.2 Å². The number of carbonyl (C=O) groups is 1. The Morgan fingerprint density at radius 1 is 1.25 bits per heavy atom. The van der Waals surface area contributed by atoms with Crippen molar-refractivity contribution < 1.29 is 4.79 Å². The summed E-state index contributed by atoms with van der Waals surface area (Å²) in [6, 6.07) is 7.74. The molecule has 6 nitrogen and oxygen atoms in total. The predicted octanol–water partition coefficient (Wildman–Crippen LogP) is 3.06. The molecule has 2 N–H and O–H groups in total. The van der Waals surface area contributed by atoms with E-state index < -0.39 is 6.04 Å². The lowest BCUT2D eigenvalue weighted by Crippen LogP contribution is -2.43. The number of hydrogen-bond donors (Lipinski definition) is 1. The Hall–Kier alpha value is -2.73. The molecule has 150 valence electrons. The highest BCUT2D eigenvalue weighted by molar-refractivity contribution is 5.82. The molecule has 1 aromatic rings. The van der Waals surface area contributed by atoms with Gasteiger partial charge in [-0.05, 0) is 36.0 Å². The zero-order valence-electron chi connectivity index (χ0n) is 16.9. The Balaban J connectivity index is 0.00000136. The summed E-state index contributed by atoms with van der Waals surface area (Å²) < 4.78 is 0. The maximum absolute atomic E-state index is 12.3. The van der Waals surface area contributed by atoms with Crippen molar-refractivity contribution >= 4 is 24.5 Å². The summed E-state index contributed by atoms with van der Waals surface area (Å²) in [5.41, 5.74) is 9.40. The van der Waals surface area contributed by atoms with Gasteiger partial charge in [-0.3, -0.25) is 4.79 Å². The Morgan fingerprint density at radius 2 is 1.93 bits per heavy atom. The topological polar surface area (TPSA) is 74.3 Å². The van der Waals surface area contributed by atoms with Crippen molar-refractivity contribution in [1.29, 1.82) is 0 Å². The molecule has 1 saturated heterocycles. The van der Waals surface area contributed by atoms with Gasteiger partial charge in [-0.25, -0.2) is 0 Å². The van der Waals surface area contributed by atoms with E-state index in [0.29, 0.717) is 6.42 Å². The summed E-state index contributed by atoms with van der Waals surface area (Å²) in [5, 5.41) is 7.30. The number of amides is 1. The van der Waals surface area contributed by atoms with Crippen LogP contribution in [0.4, 0.5) is 0 Å². The molecule has 28 heavy (non-hydrogen) atoms. The third-order valence-corrected chi connectivity index (χ3v) is 4.68. The fourth-order valence-corrected chi connectivity index (χ4v) is 3.28. The number of rotatable bonds is 6. The average molecular weight is 382 g/mol. The summed E-state index contributed by atoms with van der Waals surface area (Å²) in [5.74, 6) is 0.0651. The standard InChI is InChI=1S/C20H25N5O.C2H6/c1-22-23-15-24-10-4-5-18(14-24)17-8-6-16(7-9-17)13-19(21)20(26)25-11-2-3-12-25;1-2/h4-9,14-15,19H,1-3,10-13,21H2;1-2H3/b23-15-;/t19-;/m0./s1. The summed E-state index contributed by atoms with van der Waals surface area (Å²) in [6.45, 7) is 9.78. The number of carbonyl (C=O) groups excluding carboxylic acids is 1. The highest BCUT2D eigenvalue weighted by Crippen LogP contribution is 2.20. The molecule has 2 heterocycles. The summed E-state index contributed by atoms with van der Waals surface area (Å²) in [7, 11) is 0. The number of nitrogens with two attached hydrogens (primary N) is 1. The van der Waals surface area contributed by atoms with Crippen molar-refractivity contribution in [3.05, 3.63) is 53.7 Å². The summed E-state index contributed by atoms with van der Waals surface area (Å²) in [4.78, 5) is 16.2. The first-order chi connectivity index (χ1) is 13.7. The van der Waals surface area contributed by atoms with Gasteiger partial charge < -0.3 is 15.5 Å². The predicted molar refractivity (Wildman–Crippen MR) is 117 cm³/mol. The number of likely N-dealkylation sites (tertiary alicyclic amines) is 1. The fourth-order valence-electron chi connectivity index (χ4n) is 3.28. The van der Waals surface area contributed by atoms with Crippen LogP contribution in [0.15, 0.2) is 52.8 Å². The van der Waals surface area contributed by atoms with Crippen LogP contribution in [0.5, 0.6) is 0 Å². The van der Waals surface area contributed by atoms with Crippen LogP contribution in [0.25, 0.3) is 5.57 Å². The Morgan fingerprint density at radius 3 is 2.57 bits per heavy atom. The minimum Gasteiger partial charge on any atom is -0.341 e. The lowest BCUT2D eigenvalue weighted by Gasteiger charge is -2.20. The van der Waals surface area contributed by atoms with Gasteiger partial charge in [0.1, 0.15) is 6.34 Å². The minimum atomic E-state index is -0.467. The largest absolute Gasteiger partial charge is 0.341 e. The van der Waals surface area contributed by atoms with E-state index in [4.69, 9.17) is 5.73 Å². The molecule has 2 aliphatic heterocycles. The summed E-state index contributed by atoms with van der Waals surface area (Å²) in [6.07, 6.45) is 10.6. The molecular weight excluding hydrogens is 350 g/mol. The van der Waals surface area contributed by atoms with Crippen LogP contribution in [0.1, 0.15) is 37.8 Å². The normalized spacial score (nSPS) is 17.2. The van der Waals surface area contributed by atoms with E-state index in [1.807, 2.05) is 42.0 Å². The molecular formula is C22H31N5O. The van der Waals surface area contributed by atoms with E-state index in [2.05, 4.69) is 41.2 Å². The third kappa shape index (κ3) is 5.89. The van der Waals surface area contributed by atoms with E-state index in [9.17, 15) is 4.79 Å². The molecule has 1 aromatic carbocycles. The fraction of sp³-hybridized carbons (Fsp3) is 0.409. The van der Waals surface area contributed by atoms with Crippen molar-refractivity contribution in [2.24, 2.45) is 15.9 Å². The van der Waals surface area contributed by atoms with E-state index >= 15 is 0 Å². The molecule has 1 fully saturated rings. The smallest absolute Gasteiger partial charge is 0.239 e. The lowest BCUT2D eigenvalue weighted by molar-refractivity contribution is -0.131. The van der Waals surface area contributed by atoms with Crippen molar-refractivity contribution in [2.45, 2.75) is 39.2 Å². The molecule has 0 aliphatic carbocycles. The lowest BCUT2D eigenvalue weighted by atomic mass is 10.00. The van der Waals surface area contributed by atoms with Crippen molar-refractivity contribution in [1.82, 2.24) is 9.80 Å². The van der Waals surface area contributed by atoms with E-state index in [1.54, 1.807) is 6.34 Å². The van der Waals surface area contributed by atoms with E-state index in [-0.39, 0.29) is 5.91 Å². The highest BCUT2D eigenvalue weighted by Gasteiger charge is 2.23. The Bertz CT molecular complexity index is 730. The second kappa shape index (κ2) is 11.2. The first-order valence-electron chi connectivity index (χ1n) is 9.94. The van der Waals surface area contributed by atoms with Crippen molar-refractivity contribution in [3.8, 4) is 0 Å². The van der Waals surface area contributed by atoms with Gasteiger partial charge in [-0.15, -0.1) is 5.10 Å². The monoisotopic (exact) mass is 381 g/mol. The number of hydrogen-bond acceptors (Lipinski definition) is 4. The minimum absolute atomic E-state index is 0.0651. The van der Waals surface area contributed by atoms with Gasteiger partial charge in [-0.2, -0.15) is 5.10 Å². The number of allylic oxidation sites excluding steroid dienone is 2. The van der Waals surface area contributed by atoms with Gasteiger partial charge in [0.05, 0.1) is 6.04 Å². The van der Waals surface area contributed by atoms with E-state index in [1.165, 1.54) is 0 Å². The maximum Gasteiger partial charge on any atom is 0.239 e. The summed E-state index contributed by atoms with van der Waals surface area (Å²) >= 11 is 0. The molecule has 0 spiro atoms. The molecule has 0 bridgehead atoms. The quantitative estimate of drug-likeness (QED) is 0.467. The maximum atomic E-state index is 12.3. The van der Waals surface area contributed by atoms with Gasteiger partial charge in [0.15, 0.2) is 0 Å². The molecule has 3 rings (SSSR count). The van der Waals surface area contributed by atoms with E-state index in [0.717, 1.165) is 49.2 Å². The molecule has 0 aromatic heterocycles. The highest BCUT2D eigenvalue weighted by atomic mass is 16.2. The van der Waals surface area contributed by atoms with Crippen LogP contribution in [-0.4, -0.2) is 54.4 Å². The molecule has 0 saturated carbocycles. The van der Waals surface area contributed by atoms with Gasteiger partial charge in [0.2, 0.25) is 5.91 Å². The molecule has 1 amide bonds. The molecule has 6 heteroatoms. The molecule has 2 aliphatic rings. The van der Waals surface area contributed by atoms with Crippen LogP contribution < -0.4 is 5.73 Å². The van der Waals surface area contributed by atoms with Crippen molar-refractivity contribution in [2.75, 3.05) is 19.6 Å². The third-order valence-electron chi connectivity index (χ3n) is 4.68. The van der Waals surface area contributed by atoms with Crippen molar-refractivity contribution in [3.63, 3.8) is 0 Å². The Labute approximate surface area is 168 Å². The zero-order valence-corrected chi connectivity index (χ0v) is 16.9. The van der Waals surface area contributed by atoms with Gasteiger partial charge >= 0.3 is 0 Å². The number of benzene rings is 1. The van der Waals surface area contributed by atoms with Crippen LogP contribution in [0.3, 0.4) is 0 Å². The molecule has 1 atom stereocenters. The second-order valence-corrected chi connectivity index (χ2v) is 6.60.